The SMILES string of the molecule is c1ccc(-c2ccc(-c3cc(-c4ccccc4)nc(-c4ccccc4-c4c5ccccc5cc5c4ccc4ccccc45)n3)cc2)cc1. The molecule has 2 nitrogen and oxygen atoms in total. The summed E-state index contributed by atoms with van der Waals surface area (Å²) in [5.74, 6) is 0.705. The predicted molar refractivity (Wildman–Crippen MR) is 202 cm³/mol. The van der Waals surface area contributed by atoms with Crippen LogP contribution in [0.3, 0.4) is 0 Å². The van der Waals surface area contributed by atoms with Gasteiger partial charge in [0.15, 0.2) is 5.82 Å². The van der Waals surface area contributed by atoms with Crippen LogP contribution in [-0.2, 0) is 0 Å². The summed E-state index contributed by atoms with van der Waals surface area (Å²) in [5, 5.41) is 7.38. The smallest absolute Gasteiger partial charge is 0.161 e. The summed E-state index contributed by atoms with van der Waals surface area (Å²) in [6.45, 7) is 0. The average molecular weight is 611 g/mol. The molecule has 48 heavy (non-hydrogen) atoms. The van der Waals surface area contributed by atoms with E-state index in [4.69, 9.17) is 9.97 Å². The lowest BCUT2D eigenvalue weighted by Gasteiger charge is -2.17. The molecule has 0 aliphatic rings. The van der Waals surface area contributed by atoms with Crippen molar-refractivity contribution in [2.45, 2.75) is 0 Å². The normalized spacial score (nSPS) is 11.3. The van der Waals surface area contributed by atoms with E-state index in [-0.39, 0.29) is 0 Å². The summed E-state index contributed by atoms with van der Waals surface area (Å²) in [7, 11) is 0. The molecule has 9 rings (SSSR count). The lowest BCUT2D eigenvalue weighted by Crippen LogP contribution is -1.98. The van der Waals surface area contributed by atoms with Crippen LogP contribution in [0.25, 0.3) is 88.5 Å². The van der Waals surface area contributed by atoms with Crippen LogP contribution in [0.4, 0.5) is 0 Å². The molecule has 0 atom stereocenters. The van der Waals surface area contributed by atoms with Crippen molar-refractivity contribution < 1.29 is 0 Å². The Kier molecular flexibility index (Phi) is 6.84. The standard InChI is InChI=1S/C46H30N2/c1-3-13-31(14-4-1)32-23-25-35(26-24-32)44-30-43(34-16-5-2-6-17-34)47-46(48-44)41-22-12-11-21-39(41)45-38-20-10-8-18-36(38)29-42-37-19-9-7-15-33(37)27-28-40(42)45/h1-30H. The highest BCUT2D eigenvalue weighted by Crippen LogP contribution is 2.43. The van der Waals surface area contributed by atoms with Crippen LogP contribution in [-0.4, -0.2) is 9.97 Å². The summed E-state index contributed by atoms with van der Waals surface area (Å²) in [5.41, 5.74) is 9.59. The molecule has 1 heterocycles. The lowest BCUT2D eigenvalue weighted by molar-refractivity contribution is 1.18. The first-order valence-corrected chi connectivity index (χ1v) is 16.3. The van der Waals surface area contributed by atoms with E-state index in [1.165, 1.54) is 49.0 Å². The van der Waals surface area contributed by atoms with Gasteiger partial charge in [-0.05, 0) is 66.7 Å². The summed E-state index contributed by atoms with van der Waals surface area (Å²) in [6, 6.07) is 64.5. The van der Waals surface area contributed by atoms with Gasteiger partial charge in [0.2, 0.25) is 0 Å². The third-order valence-corrected chi connectivity index (χ3v) is 9.29. The Morgan fingerprint density at radius 3 is 1.54 bits per heavy atom. The van der Waals surface area contributed by atoms with Crippen LogP contribution >= 0.6 is 0 Å². The summed E-state index contributed by atoms with van der Waals surface area (Å²) < 4.78 is 0. The minimum absolute atomic E-state index is 0.705. The quantitative estimate of drug-likeness (QED) is 0.143. The molecule has 0 N–H and O–H groups in total. The molecule has 0 aliphatic heterocycles. The number of hydrogen-bond donors (Lipinski definition) is 0. The first-order valence-electron chi connectivity index (χ1n) is 16.3. The van der Waals surface area contributed by atoms with Crippen molar-refractivity contribution in [3.63, 3.8) is 0 Å². The Balaban J connectivity index is 1.28. The van der Waals surface area contributed by atoms with E-state index >= 15 is 0 Å². The molecular weight excluding hydrogens is 581 g/mol. The van der Waals surface area contributed by atoms with Crippen LogP contribution in [0.15, 0.2) is 182 Å². The molecule has 0 unspecified atom stereocenters. The van der Waals surface area contributed by atoms with E-state index in [9.17, 15) is 0 Å². The first kappa shape index (κ1) is 27.9. The molecule has 0 saturated carbocycles. The van der Waals surface area contributed by atoms with E-state index < -0.39 is 0 Å². The number of fused-ring (bicyclic) bond motifs is 4. The van der Waals surface area contributed by atoms with Crippen molar-refractivity contribution in [1.82, 2.24) is 9.97 Å². The van der Waals surface area contributed by atoms with Crippen molar-refractivity contribution in [2.75, 3.05) is 0 Å². The third-order valence-electron chi connectivity index (χ3n) is 9.29. The zero-order valence-corrected chi connectivity index (χ0v) is 26.2. The van der Waals surface area contributed by atoms with E-state index in [0.29, 0.717) is 5.82 Å². The Hall–Kier alpha value is -6.38. The summed E-state index contributed by atoms with van der Waals surface area (Å²) in [4.78, 5) is 10.5. The predicted octanol–water partition coefficient (Wildman–Crippen LogP) is 12.3. The maximum Gasteiger partial charge on any atom is 0.161 e. The van der Waals surface area contributed by atoms with Crippen molar-refractivity contribution in [3.8, 4) is 56.2 Å². The molecule has 2 heteroatoms. The Bertz CT molecular complexity index is 2590. The second-order valence-corrected chi connectivity index (χ2v) is 12.2. The highest BCUT2D eigenvalue weighted by atomic mass is 14.9. The van der Waals surface area contributed by atoms with Gasteiger partial charge in [0.25, 0.3) is 0 Å². The molecule has 0 radical (unpaired) electrons. The molecule has 0 saturated heterocycles. The number of aromatic nitrogens is 2. The second kappa shape index (κ2) is 11.8. The number of nitrogens with zero attached hydrogens (tertiary/aromatic N) is 2. The minimum Gasteiger partial charge on any atom is -0.228 e. The van der Waals surface area contributed by atoms with Crippen LogP contribution in [0.1, 0.15) is 0 Å². The minimum atomic E-state index is 0.705. The van der Waals surface area contributed by atoms with Gasteiger partial charge >= 0.3 is 0 Å². The van der Waals surface area contributed by atoms with Gasteiger partial charge in [-0.3, -0.25) is 0 Å². The van der Waals surface area contributed by atoms with E-state index in [1.54, 1.807) is 0 Å². The Morgan fingerprint density at radius 2 is 0.812 bits per heavy atom. The average Bonchev–Trinajstić information content (AvgIpc) is 3.17. The molecular formula is C46H30N2. The van der Waals surface area contributed by atoms with Gasteiger partial charge < -0.3 is 0 Å². The van der Waals surface area contributed by atoms with Crippen LogP contribution in [0.5, 0.6) is 0 Å². The zero-order valence-electron chi connectivity index (χ0n) is 26.2. The topological polar surface area (TPSA) is 25.8 Å². The van der Waals surface area contributed by atoms with Crippen molar-refractivity contribution in [3.05, 3.63) is 182 Å². The molecule has 0 aliphatic carbocycles. The van der Waals surface area contributed by atoms with E-state index in [2.05, 4.69) is 170 Å². The van der Waals surface area contributed by atoms with Gasteiger partial charge in [-0.1, -0.05) is 170 Å². The zero-order chi connectivity index (χ0) is 31.9. The van der Waals surface area contributed by atoms with Gasteiger partial charge in [-0.2, -0.15) is 0 Å². The van der Waals surface area contributed by atoms with Gasteiger partial charge in [0.1, 0.15) is 0 Å². The molecule has 1 aromatic heterocycles. The molecule has 0 bridgehead atoms. The Morgan fingerprint density at radius 1 is 0.292 bits per heavy atom. The fraction of sp³-hybridized carbons (Fsp3) is 0. The summed E-state index contributed by atoms with van der Waals surface area (Å²) in [6.07, 6.45) is 0. The monoisotopic (exact) mass is 610 g/mol. The Labute approximate surface area is 279 Å². The second-order valence-electron chi connectivity index (χ2n) is 12.2. The van der Waals surface area contributed by atoms with Crippen LogP contribution in [0.2, 0.25) is 0 Å². The lowest BCUT2D eigenvalue weighted by atomic mass is 9.88. The van der Waals surface area contributed by atoms with Crippen LogP contribution in [0, 0.1) is 0 Å². The first-order chi connectivity index (χ1) is 23.8. The highest BCUT2D eigenvalue weighted by molar-refractivity contribution is 6.21. The maximum absolute atomic E-state index is 5.29. The molecule has 8 aromatic carbocycles. The van der Waals surface area contributed by atoms with Gasteiger partial charge in [0.05, 0.1) is 11.4 Å². The number of benzene rings is 8. The maximum atomic E-state index is 5.29. The van der Waals surface area contributed by atoms with Crippen LogP contribution < -0.4 is 0 Å². The van der Waals surface area contributed by atoms with Crippen molar-refractivity contribution in [1.29, 1.82) is 0 Å². The third kappa shape index (κ3) is 4.92. The molecule has 0 fully saturated rings. The van der Waals surface area contributed by atoms with Crippen molar-refractivity contribution >= 4 is 32.3 Å². The number of hydrogen-bond acceptors (Lipinski definition) is 2. The fourth-order valence-corrected chi connectivity index (χ4v) is 6.94. The summed E-state index contributed by atoms with van der Waals surface area (Å²) >= 11 is 0. The van der Waals surface area contributed by atoms with Crippen molar-refractivity contribution in [2.24, 2.45) is 0 Å². The van der Waals surface area contributed by atoms with Gasteiger partial charge in [-0.25, -0.2) is 9.97 Å². The number of rotatable bonds is 5. The molecule has 0 spiro atoms. The molecule has 224 valence electrons. The van der Waals surface area contributed by atoms with E-state index in [1.807, 2.05) is 12.1 Å². The largest absolute Gasteiger partial charge is 0.228 e. The molecule has 0 amide bonds. The highest BCUT2D eigenvalue weighted by Gasteiger charge is 2.18. The van der Waals surface area contributed by atoms with E-state index in [0.717, 1.165) is 33.6 Å². The van der Waals surface area contributed by atoms with Gasteiger partial charge in [-0.15, -0.1) is 0 Å². The molecule has 9 aromatic rings. The van der Waals surface area contributed by atoms with Gasteiger partial charge in [0, 0.05) is 16.7 Å². The fourth-order valence-electron chi connectivity index (χ4n) is 6.94.